The molecule has 2 N–H and O–H groups in total. The number of nitrogens with zero attached hydrogens (tertiary/aromatic N) is 1. The number of carbonyl (C=O) groups excluding carboxylic acids is 1. The van der Waals surface area contributed by atoms with E-state index in [1.54, 1.807) is 0 Å². The molecule has 4 rings (SSSR count). The summed E-state index contributed by atoms with van der Waals surface area (Å²) in [4.78, 5) is 14.6. The van der Waals surface area contributed by atoms with Crippen LogP contribution in [0.15, 0.2) is 54.6 Å². The molecule has 1 saturated heterocycles. The number of rotatable bonds is 3. The molecule has 142 valence electrons. The van der Waals surface area contributed by atoms with Crippen molar-refractivity contribution in [2.45, 2.75) is 31.4 Å². The van der Waals surface area contributed by atoms with E-state index in [2.05, 4.69) is 5.32 Å². The summed E-state index contributed by atoms with van der Waals surface area (Å²) in [5.41, 5.74) is 1.27. The second kappa shape index (κ2) is 7.17. The third-order valence-corrected chi connectivity index (χ3v) is 6.34. The molecule has 1 aliphatic heterocycles. The first-order valence-corrected chi connectivity index (χ1v) is 9.91. The average Bonchev–Trinajstić information content (AvgIpc) is 3.19. The minimum Gasteiger partial charge on any atom is -0.385 e. The lowest BCUT2D eigenvalue weighted by molar-refractivity contribution is 0.0326. The Morgan fingerprint density at radius 1 is 1.11 bits per heavy atom. The molecule has 0 spiro atoms. The molecular formula is C22H25ClN2O2. The second-order valence-corrected chi connectivity index (χ2v) is 8.39. The molecule has 1 saturated carbocycles. The van der Waals surface area contributed by atoms with Crippen molar-refractivity contribution in [1.29, 1.82) is 0 Å². The SMILES string of the molecule is CC(NC(=O)N1CC2CC(O)(c3ccccc3)CC2C1)c1ccc(Cl)cc1. The number of amides is 2. The highest BCUT2D eigenvalue weighted by Crippen LogP contribution is 2.48. The van der Waals surface area contributed by atoms with E-state index in [-0.39, 0.29) is 12.1 Å². The topological polar surface area (TPSA) is 52.6 Å². The molecule has 3 unspecified atom stereocenters. The van der Waals surface area contributed by atoms with Gasteiger partial charge in [0, 0.05) is 18.1 Å². The van der Waals surface area contributed by atoms with E-state index in [1.807, 2.05) is 66.4 Å². The van der Waals surface area contributed by atoms with E-state index in [4.69, 9.17) is 11.6 Å². The maximum atomic E-state index is 12.7. The van der Waals surface area contributed by atoms with Crippen LogP contribution in [-0.2, 0) is 5.60 Å². The highest BCUT2D eigenvalue weighted by molar-refractivity contribution is 6.30. The summed E-state index contributed by atoms with van der Waals surface area (Å²) < 4.78 is 0. The Morgan fingerprint density at radius 3 is 2.30 bits per heavy atom. The Bertz CT molecular complexity index is 795. The van der Waals surface area contributed by atoms with Gasteiger partial charge in [0.2, 0.25) is 0 Å². The summed E-state index contributed by atoms with van der Waals surface area (Å²) in [6, 6.07) is 17.4. The highest BCUT2D eigenvalue weighted by atomic mass is 35.5. The lowest BCUT2D eigenvalue weighted by atomic mass is 9.90. The van der Waals surface area contributed by atoms with Crippen molar-refractivity contribution in [3.63, 3.8) is 0 Å². The standard InChI is InChI=1S/C22H25ClN2O2/c1-15(16-7-9-20(23)10-8-16)24-21(26)25-13-17-11-22(27,12-18(17)14-25)19-5-3-2-4-6-19/h2-10,15,17-18,27H,11-14H2,1H3,(H,24,26). The van der Waals surface area contributed by atoms with E-state index < -0.39 is 5.60 Å². The molecule has 0 radical (unpaired) electrons. The zero-order valence-corrected chi connectivity index (χ0v) is 16.2. The summed E-state index contributed by atoms with van der Waals surface area (Å²) in [6.07, 6.45) is 1.44. The van der Waals surface area contributed by atoms with Crippen LogP contribution in [0.4, 0.5) is 4.79 Å². The number of fused-ring (bicyclic) bond motifs is 1. The van der Waals surface area contributed by atoms with E-state index in [0.717, 1.165) is 24.0 Å². The zero-order valence-electron chi connectivity index (χ0n) is 15.4. The summed E-state index contributed by atoms with van der Waals surface area (Å²) in [6.45, 7) is 3.39. The fourth-order valence-electron chi connectivity index (χ4n) is 4.61. The summed E-state index contributed by atoms with van der Waals surface area (Å²) >= 11 is 5.93. The van der Waals surface area contributed by atoms with Gasteiger partial charge in [-0.15, -0.1) is 0 Å². The number of carbonyl (C=O) groups is 1. The monoisotopic (exact) mass is 384 g/mol. The molecule has 2 fully saturated rings. The third kappa shape index (κ3) is 3.69. The summed E-state index contributed by atoms with van der Waals surface area (Å²) in [5.74, 6) is 0.707. The van der Waals surface area contributed by atoms with Crippen molar-refractivity contribution in [3.8, 4) is 0 Å². The molecule has 27 heavy (non-hydrogen) atoms. The smallest absolute Gasteiger partial charge is 0.317 e. The Balaban J connectivity index is 1.36. The van der Waals surface area contributed by atoms with Gasteiger partial charge in [0.15, 0.2) is 0 Å². The van der Waals surface area contributed by atoms with Crippen LogP contribution in [-0.4, -0.2) is 29.1 Å². The van der Waals surface area contributed by atoms with Gasteiger partial charge >= 0.3 is 6.03 Å². The molecule has 0 aromatic heterocycles. The molecule has 2 aliphatic rings. The van der Waals surface area contributed by atoms with Crippen molar-refractivity contribution < 1.29 is 9.90 Å². The molecule has 2 aromatic rings. The largest absolute Gasteiger partial charge is 0.385 e. The lowest BCUT2D eigenvalue weighted by Gasteiger charge is -2.27. The Morgan fingerprint density at radius 2 is 1.70 bits per heavy atom. The van der Waals surface area contributed by atoms with Crippen LogP contribution >= 0.6 is 11.6 Å². The van der Waals surface area contributed by atoms with Crippen molar-refractivity contribution in [1.82, 2.24) is 10.2 Å². The maximum Gasteiger partial charge on any atom is 0.317 e. The van der Waals surface area contributed by atoms with Crippen LogP contribution in [0.5, 0.6) is 0 Å². The molecule has 2 amide bonds. The molecule has 1 aliphatic carbocycles. The first-order chi connectivity index (χ1) is 12.9. The number of nitrogens with one attached hydrogen (secondary N) is 1. The molecule has 0 bridgehead atoms. The van der Waals surface area contributed by atoms with Crippen LogP contribution in [0.3, 0.4) is 0 Å². The van der Waals surface area contributed by atoms with Crippen molar-refractivity contribution in [2.75, 3.05) is 13.1 Å². The van der Waals surface area contributed by atoms with Crippen LogP contribution in [0.1, 0.15) is 36.9 Å². The average molecular weight is 385 g/mol. The number of benzene rings is 2. The highest BCUT2D eigenvalue weighted by Gasteiger charge is 2.49. The number of hydrogen-bond donors (Lipinski definition) is 2. The zero-order chi connectivity index (χ0) is 19.0. The van der Waals surface area contributed by atoms with Crippen LogP contribution in [0, 0.1) is 11.8 Å². The minimum atomic E-state index is -0.754. The van der Waals surface area contributed by atoms with Crippen molar-refractivity contribution >= 4 is 17.6 Å². The lowest BCUT2D eigenvalue weighted by Crippen LogP contribution is -2.41. The van der Waals surface area contributed by atoms with Crippen molar-refractivity contribution in [3.05, 3.63) is 70.7 Å². The molecule has 1 heterocycles. The van der Waals surface area contributed by atoms with E-state index in [1.165, 1.54) is 0 Å². The van der Waals surface area contributed by atoms with Gasteiger partial charge in [-0.05, 0) is 54.9 Å². The van der Waals surface area contributed by atoms with Gasteiger partial charge in [-0.25, -0.2) is 4.79 Å². The first kappa shape index (κ1) is 18.3. The Kier molecular flexibility index (Phi) is 4.87. The number of hydrogen-bond acceptors (Lipinski definition) is 2. The molecule has 5 heteroatoms. The number of urea groups is 1. The van der Waals surface area contributed by atoms with E-state index in [0.29, 0.717) is 29.9 Å². The van der Waals surface area contributed by atoms with Gasteiger partial charge in [0.05, 0.1) is 11.6 Å². The Hall–Kier alpha value is -2.04. The van der Waals surface area contributed by atoms with Gasteiger partial charge in [0.1, 0.15) is 0 Å². The third-order valence-electron chi connectivity index (χ3n) is 6.08. The summed E-state index contributed by atoms with van der Waals surface area (Å²) in [5, 5.41) is 14.9. The number of likely N-dealkylation sites (tertiary alicyclic amines) is 1. The predicted octanol–water partition coefficient (Wildman–Crippen LogP) is 4.34. The minimum absolute atomic E-state index is 0.0323. The molecule has 4 nitrogen and oxygen atoms in total. The van der Waals surface area contributed by atoms with Gasteiger partial charge in [-0.1, -0.05) is 54.1 Å². The van der Waals surface area contributed by atoms with Gasteiger partial charge in [-0.3, -0.25) is 0 Å². The van der Waals surface area contributed by atoms with E-state index in [9.17, 15) is 9.90 Å². The fraction of sp³-hybridized carbons (Fsp3) is 0.409. The molecule has 2 aromatic carbocycles. The normalized spacial score (nSPS) is 28.0. The van der Waals surface area contributed by atoms with Gasteiger partial charge in [-0.2, -0.15) is 0 Å². The first-order valence-electron chi connectivity index (χ1n) is 9.53. The van der Waals surface area contributed by atoms with Crippen LogP contribution in [0.25, 0.3) is 0 Å². The number of aliphatic hydroxyl groups is 1. The second-order valence-electron chi connectivity index (χ2n) is 7.95. The quantitative estimate of drug-likeness (QED) is 0.827. The molecule has 3 atom stereocenters. The van der Waals surface area contributed by atoms with Crippen LogP contribution < -0.4 is 5.32 Å². The van der Waals surface area contributed by atoms with Gasteiger partial charge in [0.25, 0.3) is 0 Å². The number of halogens is 1. The fourth-order valence-corrected chi connectivity index (χ4v) is 4.74. The summed E-state index contributed by atoms with van der Waals surface area (Å²) in [7, 11) is 0. The van der Waals surface area contributed by atoms with Crippen LogP contribution in [0.2, 0.25) is 5.02 Å². The predicted molar refractivity (Wildman–Crippen MR) is 107 cm³/mol. The molecular weight excluding hydrogens is 360 g/mol. The van der Waals surface area contributed by atoms with Gasteiger partial charge < -0.3 is 15.3 Å². The maximum absolute atomic E-state index is 12.7. The van der Waals surface area contributed by atoms with E-state index >= 15 is 0 Å². The Labute approximate surface area is 165 Å². The van der Waals surface area contributed by atoms with Crippen molar-refractivity contribution in [2.24, 2.45) is 11.8 Å².